The van der Waals surface area contributed by atoms with E-state index >= 15 is 0 Å². The molecule has 2 rings (SSSR count). The molecule has 1 aliphatic heterocycles. The average Bonchev–Trinajstić information content (AvgIpc) is 2.86. The summed E-state index contributed by atoms with van der Waals surface area (Å²) in [5.74, 6) is 1.61. The molecule has 1 saturated carbocycles. The third-order valence-electron chi connectivity index (χ3n) is 4.39. The van der Waals surface area contributed by atoms with E-state index in [-0.39, 0.29) is 0 Å². The first-order chi connectivity index (χ1) is 8.70. The van der Waals surface area contributed by atoms with E-state index in [2.05, 4.69) is 31.1 Å². The third-order valence-corrected chi connectivity index (χ3v) is 5.86. The van der Waals surface area contributed by atoms with E-state index in [1.165, 1.54) is 43.7 Å². The number of amidine groups is 1. The number of nitrogens with zero attached hydrogens (tertiary/aromatic N) is 1. The molecule has 0 aromatic carbocycles. The standard InChI is InChI=1S/C15H28N2S/c1-4-13(12-8-6-5-7-9-12)17-15-16-10-14(18-15)11(2)3/h11-14H,4-10H2,1-3H3,(H,16,17). The summed E-state index contributed by atoms with van der Waals surface area (Å²) in [6, 6.07) is 0.655. The molecule has 1 N–H and O–H groups in total. The first-order valence-corrected chi connectivity index (χ1v) is 8.56. The molecular formula is C15H28N2S. The van der Waals surface area contributed by atoms with Crippen molar-refractivity contribution in [3.8, 4) is 0 Å². The van der Waals surface area contributed by atoms with Crippen LogP contribution in [0.1, 0.15) is 59.3 Å². The number of nitrogens with one attached hydrogen (secondary N) is 1. The molecule has 0 spiro atoms. The van der Waals surface area contributed by atoms with Crippen LogP contribution in [0.2, 0.25) is 0 Å². The Labute approximate surface area is 116 Å². The lowest BCUT2D eigenvalue weighted by Gasteiger charge is -2.30. The van der Waals surface area contributed by atoms with Gasteiger partial charge in [0.15, 0.2) is 5.17 Å². The Hall–Kier alpha value is -0.180. The van der Waals surface area contributed by atoms with E-state index in [1.807, 2.05) is 11.8 Å². The van der Waals surface area contributed by atoms with Gasteiger partial charge in [0.05, 0.1) is 6.54 Å². The van der Waals surface area contributed by atoms with E-state index in [0.29, 0.717) is 11.3 Å². The molecule has 0 saturated heterocycles. The second-order valence-corrected chi connectivity index (χ2v) is 7.33. The maximum atomic E-state index is 4.69. The van der Waals surface area contributed by atoms with Gasteiger partial charge >= 0.3 is 0 Å². The van der Waals surface area contributed by atoms with Gasteiger partial charge in [-0.25, -0.2) is 0 Å². The van der Waals surface area contributed by atoms with Gasteiger partial charge in [-0.15, -0.1) is 0 Å². The molecule has 0 aromatic heterocycles. The summed E-state index contributed by atoms with van der Waals surface area (Å²) in [4.78, 5) is 4.69. The zero-order valence-electron chi connectivity index (χ0n) is 12.1. The fraction of sp³-hybridized carbons (Fsp3) is 0.933. The van der Waals surface area contributed by atoms with Crippen molar-refractivity contribution in [2.75, 3.05) is 6.54 Å². The van der Waals surface area contributed by atoms with Gasteiger partial charge in [0.2, 0.25) is 0 Å². The van der Waals surface area contributed by atoms with Gasteiger partial charge in [-0.05, 0) is 31.1 Å². The molecule has 0 aromatic rings. The van der Waals surface area contributed by atoms with Crippen LogP contribution in [-0.2, 0) is 0 Å². The highest BCUT2D eigenvalue weighted by molar-refractivity contribution is 8.14. The first kappa shape index (κ1) is 14.2. The lowest BCUT2D eigenvalue weighted by molar-refractivity contribution is 0.284. The van der Waals surface area contributed by atoms with Crippen molar-refractivity contribution >= 4 is 16.9 Å². The molecule has 2 atom stereocenters. The smallest absolute Gasteiger partial charge is 0.157 e. The van der Waals surface area contributed by atoms with E-state index in [1.54, 1.807) is 0 Å². The Morgan fingerprint density at radius 1 is 1.28 bits per heavy atom. The fourth-order valence-corrected chi connectivity index (χ4v) is 4.14. The lowest BCUT2D eigenvalue weighted by atomic mass is 9.83. The zero-order chi connectivity index (χ0) is 13.0. The van der Waals surface area contributed by atoms with Gasteiger partial charge in [0, 0.05) is 11.3 Å². The van der Waals surface area contributed by atoms with Crippen molar-refractivity contribution in [3.05, 3.63) is 0 Å². The Balaban J connectivity index is 1.83. The topological polar surface area (TPSA) is 24.4 Å². The van der Waals surface area contributed by atoms with Crippen LogP contribution in [-0.4, -0.2) is 23.0 Å². The van der Waals surface area contributed by atoms with E-state index in [4.69, 9.17) is 0 Å². The third kappa shape index (κ3) is 3.66. The molecule has 2 aliphatic rings. The van der Waals surface area contributed by atoms with Gasteiger partial charge in [-0.1, -0.05) is 51.8 Å². The minimum absolute atomic E-state index is 0.655. The van der Waals surface area contributed by atoms with Crippen LogP contribution in [0.15, 0.2) is 4.99 Å². The van der Waals surface area contributed by atoms with Crippen molar-refractivity contribution in [2.45, 2.75) is 70.6 Å². The number of rotatable bonds is 4. The second kappa shape index (κ2) is 6.83. The van der Waals surface area contributed by atoms with Gasteiger partial charge in [-0.2, -0.15) is 0 Å². The summed E-state index contributed by atoms with van der Waals surface area (Å²) in [6.45, 7) is 7.92. The number of aliphatic imine (C=N–C) groups is 1. The molecule has 104 valence electrons. The van der Waals surface area contributed by atoms with Crippen molar-refractivity contribution in [1.82, 2.24) is 5.32 Å². The molecule has 1 aliphatic carbocycles. The van der Waals surface area contributed by atoms with Crippen LogP contribution in [0.5, 0.6) is 0 Å². The van der Waals surface area contributed by atoms with Crippen LogP contribution in [0, 0.1) is 11.8 Å². The SMILES string of the molecule is CCC(NC1=NCC(C(C)C)S1)C1CCCCC1. The van der Waals surface area contributed by atoms with E-state index < -0.39 is 0 Å². The Bertz CT molecular complexity index is 282. The second-order valence-electron chi connectivity index (χ2n) is 6.10. The molecule has 1 heterocycles. The van der Waals surface area contributed by atoms with Crippen LogP contribution in [0.3, 0.4) is 0 Å². The summed E-state index contributed by atoms with van der Waals surface area (Å²) in [5, 5.41) is 5.64. The summed E-state index contributed by atoms with van der Waals surface area (Å²) < 4.78 is 0. The van der Waals surface area contributed by atoms with Gasteiger partial charge in [0.1, 0.15) is 0 Å². The van der Waals surface area contributed by atoms with Crippen LogP contribution < -0.4 is 5.32 Å². The quantitative estimate of drug-likeness (QED) is 0.831. The summed E-state index contributed by atoms with van der Waals surface area (Å²) in [5.41, 5.74) is 0. The lowest BCUT2D eigenvalue weighted by Crippen LogP contribution is -2.39. The summed E-state index contributed by atoms with van der Waals surface area (Å²) in [6.07, 6.45) is 8.36. The summed E-state index contributed by atoms with van der Waals surface area (Å²) in [7, 11) is 0. The molecule has 1 fully saturated rings. The molecule has 0 amide bonds. The monoisotopic (exact) mass is 268 g/mol. The van der Waals surface area contributed by atoms with Crippen molar-refractivity contribution in [1.29, 1.82) is 0 Å². The average molecular weight is 268 g/mol. The Kier molecular flexibility index (Phi) is 5.40. The summed E-state index contributed by atoms with van der Waals surface area (Å²) >= 11 is 1.97. The van der Waals surface area contributed by atoms with Crippen LogP contribution in [0.25, 0.3) is 0 Å². The normalized spacial score (nSPS) is 27.3. The number of hydrogen-bond donors (Lipinski definition) is 1. The number of hydrogen-bond acceptors (Lipinski definition) is 3. The molecule has 2 unspecified atom stereocenters. The van der Waals surface area contributed by atoms with Crippen molar-refractivity contribution < 1.29 is 0 Å². The van der Waals surface area contributed by atoms with E-state index in [9.17, 15) is 0 Å². The minimum Gasteiger partial charge on any atom is -0.362 e. The molecule has 2 nitrogen and oxygen atoms in total. The molecule has 18 heavy (non-hydrogen) atoms. The van der Waals surface area contributed by atoms with Crippen LogP contribution >= 0.6 is 11.8 Å². The Morgan fingerprint density at radius 3 is 2.56 bits per heavy atom. The first-order valence-electron chi connectivity index (χ1n) is 7.68. The molecule has 3 heteroatoms. The van der Waals surface area contributed by atoms with Gasteiger partial charge in [-0.3, -0.25) is 4.99 Å². The number of thioether (sulfide) groups is 1. The van der Waals surface area contributed by atoms with E-state index in [0.717, 1.165) is 18.4 Å². The van der Waals surface area contributed by atoms with Crippen molar-refractivity contribution in [3.63, 3.8) is 0 Å². The minimum atomic E-state index is 0.655. The largest absolute Gasteiger partial charge is 0.362 e. The predicted molar refractivity (Wildman–Crippen MR) is 82.3 cm³/mol. The highest BCUT2D eigenvalue weighted by atomic mass is 32.2. The van der Waals surface area contributed by atoms with Crippen LogP contribution in [0.4, 0.5) is 0 Å². The fourth-order valence-electron chi connectivity index (χ4n) is 3.07. The highest BCUT2D eigenvalue weighted by Gasteiger charge is 2.27. The molecule has 0 radical (unpaired) electrons. The Morgan fingerprint density at radius 2 is 2.00 bits per heavy atom. The molecular weight excluding hydrogens is 240 g/mol. The molecule has 0 bridgehead atoms. The highest BCUT2D eigenvalue weighted by Crippen LogP contribution is 2.30. The predicted octanol–water partition coefficient (Wildman–Crippen LogP) is 4.06. The zero-order valence-corrected chi connectivity index (χ0v) is 12.9. The van der Waals surface area contributed by atoms with Gasteiger partial charge < -0.3 is 5.32 Å². The maximum Gasteiger partial charge on any atom is 0.157 e. The van der Waals surface area contributed by atoms with Gasteiger partial charge in [0.25, 0.3) is 0 Å². The maximum absolute atomic E-state index is 4.69. The van der Waals surface area contributed by atoms with Crippen molar-refractivity contribution in [2.24, 2.45) is 16.8 Å².